The summed E-state index contributed by atoms with van der Waals surface area (Å²) in [4.78, 5) is 35.6. The van der Waals surface area contributed by atoms with Gasteiger partial charge in [0, 0.05) is 17.8 Å². The molecular weight excluding hydrogens is 344 g/mol. The van der Waals surface area contributed by atoms with Gasteiger partial charge in [0.25, 0.3) is 5.91 Å². The first-order chi connectivity index (χ1) is 12.8. The number of hydrogen-bond acceptors (Lipinski definition) is 4. The summed E-state index contributed by atoms with van der Waals surface area (Å²) in [6.45, 7) is 5.38. The number of benzene rings is 2. The van der Waals surface area contributed by atoms with Crippen LogP contribution in [0.5, 0.6) is 0 Å². The molecule has 0 bridgehead atoms. The van der Waals surface area contributed by atoms with Crippen molar-refractivity contribution in [2.45, 2.75) is 33.6 Å². The van der Waals surface area contributed by atoms with E-state index < -0.39 is 11.9 Å². The van der Waals surface area contributed by atoms with Crippen molar-refractivity contribution in [3.63, 3.8) is 0 Å². The van der Waals surface area contributed by atoms with Gasteiger partial charge in [-0.05, 0) is 44.0 Å². The lowest BCUT2D eigenvalue weighted by molar-refractivity contribution is -0.147. The van der Waals surface area contributed by atoms with Crippen molar-refractivity contribution >= 4 is 29.2 Å². The van der Waals surface area contributed by atoms with Gasteiger partial charge >= 0.3 is 5.97 Å². The molecule has 2 rings (SSSR count). The number of esters is 1. The van der Waals surface area contributed by atoms with Crippen LogP contribution in [-0.4, -0.2) is 24.4 Å². The van der Waals surface area contributed by atoms with E-state index in [2.05, 4.69) is 10.6 Å². The van der Waals surface area contributed by atoms with Crippen LogP contribution in [-0.2, 0) is 19.1 Å². The topological polar surface area (TPSA) is 84.5 Å². The van der Waals surface area contributed by atoms with Crippen molar-refractivity contribution in [2.75, 3.05) is 17.2 Å². The van der Waals surface area contributed by atoms with Crippen molar-refractivity contribution in [1.29, 1.82) is 0 Å². The number of hydrogen-bond donors (Lipinski definition) is 2. The summed E-state index contributed by atoms with van der Waals surface area (Å²) in [5, 5.41) is 5.45. The SMILES string of the molecule is Cc1ccc(NC(=O)COC(=O)CCC(=O)Nc2c(C)cccc2C)cc1. The number of anilines is 2. The number of amides is 2. The molecule has 0 aliphatic carbocycles. The van der Waals surface area contributed by atoms with Gasteiger partial charge < -0.3 is 15.4 Å². The van der Waals surface area contributed by atoms with Crippen LogP contribution in [0.4, 0.5) is 11.4 Å². The first-order valence-corrected chi connectivity index (χ1v) is 8.73. The van der Waals surface area contributed by atoms with E-state index in [0.29, 0.717) is 5.69 Å². The van der Waals surface area contributed by atoms with Gasteiger partial charge in [-0.25, -0.2) is 0 Å². The number of aryl methyl sites for hydroxylation is 3. The molecule has 0 aliphatic heterocycles. The maximum Gasteiger partial charge on any atom is 0.306 e. The second kappa shape index (κ2) is 9.52. The van der Waals surface area contributed by atoms with Gasteiger partial charge in [0.2, 0.25) is 5.91 Å². The van der Waals surface area contributed by atoms with Gasteiger partial charge in [0.05, 0.1) is 6.42 Å². The normalized spacial score (nSPS) is 10.2. The van der Waals surface area contributed by atoms with Crippen LogP contribution in [0, 0.1) is 20.8 Å². The highest BCUT2D eigenvalue weighted by atomic mass is 16.5. The van der Waals surface area contributed by atoms with E-state index in [9.17, 15) is 14.4 Å². The van der Waals surface area contributed by atoms with Crippen LogP contribution in [0.2, 0.25) is 0 Å². The predicted octanol–water partition coefficient (Wildman–Crippen LogP) is 3.51. The summed E-state index contributed by atoms with van der Waals surface area (Å²) in [5.74, 6) is -1.29. The Morgan fingerprint density at radius 3 is 2.07 bits per heavy atom. The Balaban J connectivity index is 1.71. The Labute approximate surface area is 158 Å². The minimum absolute atomic E-state index is 0.00775. The molecule has 0 aromatic heterocycles. The first kappa shape index (κ1) is 20.2. The highest BCUT2D eigenvalue weighted by Crippen LogP contribution is 2.19. The van der Waals surface area contributed by atoms with Gasteiger partial charge in [-0.1, -0.05) is 35.9 Å². The van der Waals surface area contributed by atoms with E-state index >= 15 is 0 Å². The zero-order valence-electron chi connectivity index (χ0n) is 15.8. The fourth-order valence-corrected chi connectivity index (χ4v) is 2.48. The van der Waals surface area contributed by atoms with Crippen LogP contribution in [0.1, 0.15) is 29.5 Å². The molecule has 0 spiro atoms. The Kier molecular flexibility index (Phi) is 7.11. The quantitative estimate of drug-likeness (QED) is 0.733. The van der Waals surface area contributed by atoms with E-state index in [-0.39, 0.29) is 25.4 Å². The van der Waals surface area contributed by atoms with E-state index in [0.717, 1.165) is 22.4 Å². The second-order valence-corrected chi connectivity index (χ2v) is 6.39. The van der Waals surface area contributed by atoms with Crippen LogP contribution < -0.4 is 10.6 Å². The van der Waals surface area contributed by atoms with Crippen molar-refractivity contribution in [1.82, 2.24) is 0 Å². The molecule has 0 unspecified atom stereocenters. The number of para-hydroxylation sites is 1. The van der Waals surface area contributed by atoms with Gasteiger partial charge in [-0.15, -0.1) is 0 Å². The lowest BCUT2D eigenvalue weighted by atomic mass is 10.1. The van der Waals surface area contributed by atoms with Gasteiger partial charge in [0.15, 0.2) is 6.61 Å². The molecule has 0 saturated heterocycles. The minimum Gasteiger partial charge on any atom is -0.456 e. The molecule has 2 aromatic carbocycles. The third kappa shape index (κ3) is 6.58. The summed E-state index contributed by atoms with van der Waals surface area (Å²) in [6, 6.07) is 13.0. The molecule has 2 aromatic rings. The fourth-order valence-electron chi connectivity index (χ4n) is 2.48. The average Bonchev–Trinajstić information content (AvgIpc) is 2.63. The Morgan fingerprint density at radius 1 is 0.815 bits per heavy atom. The molecule has 0 fully saturated rings. The van der Waals surface area contributed by atoms with Crippen LogP contribution in [0.3, 0.4) is 0 Å². The molecule has 27 heavy (non-hydrogen) atoms. The summed E-state index contributed by atoms with van der Waals surface area (Å²) < 4.78 is 4.92. The molecular formula is C21H24N2O4. The average molecular weight is 368 g/mol. The third-order valence-corrected chi connectivity index (χ3v) is 4.00. The molecule has 0 heterocycles. The number of ether oxygens (including phenoxy) is 1. The van der Waals surface area contributed by atoms with Gasteiger partial charge in [0.1, 0.15) is 0 Å². The number of carbonyl (C=O) groups is 3. The molecule has 0 radical (unpaired) electrons. The lowest BCUT2D eigenvalue weighted by Gasteiger charge is -2.11. The van der Waals surface area contributed by atoms with E-state index in [1.54, 1.807) is 12.1 Å². The Bertz CT molecular complexity index is 808. The predicted molar refractivity (Wildman–Crippen MR) is 105 cm³/mol. The molecule has 6 heteroatoms. The molecule has 2 N–H and O–H groups in total. The first-order valence-electron chi connectivity index (χ1n) is 8.73. The smallest absolute Gasteiger partial charge is 0.306 e. The lowest BCUT2D eigenvalue weighted by Crippen LogP contribution is -2.22. The van der Waals surface area contributed by atoms with Crippen molar-refractivity contribution in [3.8, 4) is 0 Å². The molecule has 0 aliphatic rings. The summed E-state index contributed by atoms with van der Waals surface area (Å²) in [6.07, 6.45) is -0.0965. The zero-order valence-corrected chi connectivity index (χ0v) is 15.8. The molecule has 142 valence electrons. The Hall–Kier alpha value is -3.15. The monoisotopic (exact) mass is 368 g/mol. The second-order valence-electron chi connectivity index (χ2n) is 6.39. The summed E-state index contributed by atoms with van der Waals surface area (Å²) in [7, 11) is 0. The number of nitrogens with one attached hydrogen (secondary N) is 2. The Morgan fingerprint density at radius 2 is 1.44 bits per heavy atom. The van der Waals surface area contributed by atoms with Crippen molar-refractivity contribution in [2.24, 2.45) is 0 Å². The molecule has 2 amide bonds. The van der Waals surface area contributed by atoms with Crippen LogP contribution >= 0.6 is 0 Å². The van der Waals surface area contributed by atoms with E-state index in [4.69, 9.17) is 4.74 Å². The van der Waals surface area contributed by atoms with Crippen molar-refractivity contribution in [3.05, 3.63) is 59.2 Å². The molecule has 0 atom stereocenters. The fraction of sp³-hybridized carbons (Fsp3) is 0.286. The highest BCUT2D eigenvalue weighted by molar-refractivity contribution is 5.95. The van der Waals surface area contributed by atoms with Crippen molar-refractivity contribution < 1.29 is 19.1 Å². The third-order valence-electron chi connectivity index (χ3n) is 4.00. The molecule has 0 saturated carbocycles. The minimum atomic E-state index is -0.592. The summed E-state index contributed by atoms with van der Waals surface area (Å²) >= 11 is 0. The largest absolute Gasteiger partial charge is 0.456 e. The van der Waals surface area contributed by atoms with Gasteiger partial charge in [-0.2, -0.15) is 0 Å². The van der Waals surface area contributed by atoms with Crippen LogP contribution in [0.15, 0.2) is 42.5 Å². The zero-order chi connectivity index (χ0) is 19.8. The van der Waals surface area contributed by atoms with E-state index in [1.165, 1.54) is 0 Å². The maximum atomic E-state index is 12.0. The summed E-state index contributed by atoms with van der Waals surface area (Å²) in [5.41, 5.74) is 4.39. The van der Waals surface area contributed by atoms with Gasteiger partial charge in [-0.3, -0.25) is 14.4 Å². The van der Waals surface area contributed by atoms with E-state index in [1.807, 2.05) is 51.1 Å². The maximum absolute atomic E-state index is 12.0. The van der Waals surface area contributed by atoms with Crippen LogP contribution in [0.25, 0.3) is 0 Å². The number of rotatable bonds is 7. The highest BCUT2D eigenvalue weighted by Gasteiger charge is 2.12. The number of carbonyl (C=O) groups excluding carboxylic acids is 3. The molecule has 6 nitrogen and oxygen atoms in total. The standard InChI is InChI=1S/C21H24N2O4/c1-14-7-9-17(10-8-14)22-19(25)13-27-20(26)12-11-18(24)23-21-15(2)5-4-6-16(21)3/h4-10H,11-13H2,1-3H3,(H,22,25)(H,23,24).